The summed E-state index contributed by atoms with van der Waals surface area (Å²) in [5.74, 6) is -1.37. The fourth-order valence-electron chi connectivity index (χ4n) is 5.25. The summed E-state index contributed by atoms with van der Waals surface area (Å²) >= 11 is 0. The molecular formula is C30H33FN6O4S. The Balaban J connectivity index is 1.59. The molecular weight excluding hydrogens is 559 g/mol. The van der Waals surface area contributed by atoms with Gasteiger partial charge in [0, 0.05) is 25.8 Å². The van der Waals surface area contributed by atoms with Crippen molar-refractivity contribution in [3.05, 3.63) is 84.2 Å². The van der Waals surface area contributed by atoms with Crippen LogP contribution in [0, 0.1) is 5.82 Å². The Kier molecular flexibility index (Phi) is 8.64. The number of nitrogens with one attached hydrogen (secondary N) is 1. The van der Waals surface area contributed by atoms with Crippen molar-refractivity contribution >= 4 is 38.6 Å². The molecule has 1 saturated carbocycles. The van der Waals surface area contributed by atoms with E-state index in [1.54, 1.807) is 12.1 Å². The number of carbonyl (C=O) groups is 2. The van der Waals surface area contributed by atoms with Gasteiger partial charge in [0.05, 0.1) is 10.4 Å². The van der Waals surface area contributed by atoms with Crippen LogP contribution >= 0.6 is 0 Å². The largest absolute Gasteiger partial charge is 0.351 e. The standard InChI is InChI=1S/C30H33FN6O4S/c1-35(2)42(40,41)25-18-16-24(17-19-25)37(28(38)20-36-27-11-7-6-10-26(27)33-34-36)29(21-12-14-22(31)15-13-21)30(39)32-23-8-4-3-5-9-23/h6-7,10-19,23,29H,3-5,8-9,20H2,1-2H3,(H,32,39)/t29-/m0/s1. The second kappa shape index (κ2) is 12.4. The van der Waals surface area contributed by atoms with E-state index < -0.39 is 33.7 Å². The van der Waals surface area contributed by atoms with Gasteiger partial charge in [-0.1, -0.05) is 48.7 Å². The number of anilines is 1. The molecule has 0 aliphatic heterocycles. The zero-order chi connectivity index (χ0) is 29.9. The molecule has 0 bridgehead atoms. The van der Waals surface area contributed by atoms with Gasteiger partial charge in [-0.15, -0.1) is 5.10 Å². The smallest absolute Gasteiger partial charge is 0.249 e. The molecule has 220 valence electrons. The summed E-state index contributed by atoms with van der Waals surface area (Å²) in [6, 6.07) is 17.3. The van der Waals surface area contributed by atoms with Crippen LogP contribution in [-0.2, 0) is 26.2 Å². The molecule has 1 heterocycles. The maximum absolute atomic E-state index is 14.2. The predicted molar refractivity (Wildman–Crippen MR) is 156 cm³/mol. The minimum absolute atomic E-state index is 0.0379. The van der Waals surface area contributed by atoms with E-state index in [-0.39, 0.29) is 17.5 Å². The van der Waals surface area contributed by atoms with Gasteiger partial charge in [-0.25, -0.2) is 21.8 Å². The molecule has 1 atom stereocenters. The third-order valence-corrected chi connectivity index (χ3v) is 9.34. The van der Waals surface area contributed by atoms with E-state index in [0.717, 1.165) is 36.4 Å². The van der Waals surface area contributed by atoms with Crippen molar-refractivity contribution in [1.29, 1.82) is 0 Å². The van der Waals surface area contributed by atoms with Gasteiger partial charge in [-0.3, -0.25) is 14.5 Å². The first-order valence-corrected chi connectivity index (χ1v) is 15.3. The highest BCUT2D eigenvalue weighted by atomic mass is 32.2. The van der Waals surface area contributed by atoms with Crippen molar-refractivity contribution in [3.8, 4) is 0 Å². The van der Waals surface area contributed by atoms with Gasteiger partial charge in [-0.05, 0) is 66.9 Å². The molecule has 3 aromatic carbocycles. The number of hydrogen-bond donors (Lipinski definition) is 1. The van der Waals surface area contributed by atoms with Crippen LogP contribution in [0.3, 0.4) is 0 Å². The summed E-state index contributed by atoms with van der Waals surface area (Å²) in [6.45, 7) is -0.243. The van der Waals surface area contributed by atoms with Gasteiger partial charge in [0.2, 0.25) is 21.8 Å². The van der Waals surface area contributed by atoms with E-state index in [1.807, 2.05) is 12.1 Å². The number of rotatable bonds is 9. The number of para-hydroxylation sites is 1. The molecule has 1 N–H and O–H groups in total. The topological polar surface area (TPSA) is 118 Å². The Morgan fingerprint density at radius 1 is 0.976 bits per heavy atom. The van der Waals surface area contributed by atoms with Gasteiger partial charge in [0.1, 0.15) is 23.9 Å². The Hall–Kier alpha value is -4.16. The highest BCUT2D eigenvalue weighted by Gasteiger charge is 2.35. The Labute approximate surface area is 244 Å². The summed E-state index contributed by atoms with van der Waals surface area (Å²) in [5, 5.41) is 11.4. The highest BCUT2D eigenvalue weighted by molar-refractivity contribution is 7.89. The number of sulfonamides is 1. The number of fused-ring (bicyclic) bond motifs is 1. The summed E-state index contributed by atoms with van der Waals surface area (Å²) < 4.78 is 42.0. The lowest BCUT2D eigenvalue weighted by molar-refractivity contribution is -0.127. The maximum atomic E-state index is 14.2. The van der Waals surface area contributed by atoms with Crippen molar-refractivity contribution in [2.24, 2.45) is 0 Å². The minimum atomic E-state index is -3.73. The predicted octanol–water partition coefficient (Wildman–Crippen LogP) is 4.04. The van der Waals surface area contributed by atoms with Gasteiger partial charge in [0.25, 0.3) is 0 Å². The molecule has 1 fully saturated rings. The fraction of sp³-hybridized carbons (Fsp3) is 0.333. The molecule has 0 radical (unpaired) electrons. The van der Waals surface area contributed by atoms with Gasteiger partial charge >= 0.3 is 0 Å². The van der Waals surface area contributed by atoms with Crippen molar-refractivity contribution in [2.45, 2.75) is 55.6 Å². The number of amides is 2. The number of benzene rings is 3. The molecule has 10 nitrogen and oxygen atoms in total. The van der Waals surface area contributed by atoms with E-state index in [4.69, 9.17) is 0 Å². The zero-order valence-corrected chi connectivity index (χ0v) is 24.3. The number of aromatic nitrogens is 3. The monoisotopic (exact) mass is 592 g/mol. The molecule has 4 aromatic rings. The normalized spacial score (nSPS) is 15.0. The SMILES string of the molecule is CN(C)S(=O)(=O)c1ccc(N(C(=O)Cn2nnc3ccccc32)[C@H](C(=O)NC2CCCCC2)c2ccc(F)cc2)cc1. The van der Waals surface area contributed by atoms with E-state index in [2.05, 4.69) is 15.6 Å². The lowest BCUT2D eigenvalue weighted by Crippen LogP contribution is -2.48. The zero-order valence-electron chi connectivity index (χ0n) is 23.5. The van der Waals surface area contributed by atoms with Crippen LogP contribution in [-0.4, -0.2) is 59.7 Å². The molecule has 1 aliphatic carbocycles. The number of carbonyl (C=O) groups excluding carboxylic acids is 2. The van der Waals surface area contributed by atoms with E-state index >= 15 is 0 Å². The van der Waals surface area contributed by atoms with Crippen LogP contribution in [0.15, 0.2) is 77.7 Å². The number of hydrogen-bond acceptors (Lipinski definition) is 6. The van der Waals surface area contributed by atoms with Gasteiger partial charge in [-0.2, -0.15) is 0 Å². The van der Waals surface area contributed by atoms with Crippen molar-refractivity contribution < 1.29 is 22.4 Å². The molecule has 12 heteroatoms. The highest BCUT2D eigenvalue weighted by Crippen LogP contribution is 2.31. The summed E-state index contributed by atoms with van der Waals surface area (Å²) in [5.41, 5.74) is 1.96. The van der Waals surface area contributed by atoms with Gasteiger partial charge < -0.3 is 5.32 Å². The third-order valence-electron chi connectivity index (χ3n) is 7.51. The van der Waals surface area contributed by atoms with Crippen LogP contribution < -0.4 is 10.2 Å². The van der Waals surface area contributed by atoms with Crippen molar-refractivity contribution in [3.63, 3.8) is 0 Å². The minimum Gasteiger partial charge on any atom is -0.351 e. The van der Waals surface area contributed by atoms with E-state index in [1.165, 1.54) is 72.2 Å². The lowest BCUT2D eigenvalue weighted by atomic mass is 9.94. The molecule has 0 spiro atoms. The van der Waals surface area contributed by atoms with Crippen LogP contribution in [0.4, 0.5) is 10.1 Å². The number of nitrogens with zero attached hydrogens (tertiary/aromatic N) is 5. The Bertz CT molecular complexity index is 1670. The van der Waals surface area contributed by atoms with Crippen LogP contribution in [0.5, 0.6) is 0 Å². The fourth-order valence-corrected chi connectivity index (χ4v) is 6.16. The van der Waals surface area contributed by atoms with Gasteiger partial charge in [0.15, 0.2) is 0 Å². The van der Waals surface area contributed by atoms with Crippen LogP contribution in [0.25, 0.3) is 11.0 Å². The van der Waals surface area contributed by atoms with E-state index in [0.29, 0.717) is 22.3 Å². The first-order valence-electron chi connectivity index (χ1n) is 13.8. The molecule has 1 aliphatic rings. The Morgan fingerprint density at radius 3 is 2.31 bits per heavy atom. The quantitative estimate of drug-likeness (QED) is 0.314. The molecule has 2 amide bonds. The molecule has 5 rings (SSSR count). The average Bonchev–Trinajstić information content (AvgIpc) is 3.39. The molecule has 42 heavy (non-hydrogen) atoms. The Morgan fingerprint density at radius 2 is 1.64 bits per heavy atom. The second-order valence-electron chi connectivity index (χ2n) is 10.6. The van der Waals surface area contributed by atoms with Crippen LogP contribution in [0.1, 0.15) is 43.7 Å². The maximum Gasteiger partial charge on any atom is 0.249 e. The lowest BCUT2D eigenvalue weighted by Gasteiger charge is -2.33. The summed E-state index contributed by atoms with van der Waals surface area (Å²) in [7, 11) is -0.867. The second-order valence-corrected chi connectivity index (χ2v) is 12.7. The molecule has 1 aromatic heterocycles. The first-order chi connectivity index (χ1) is 20.1. The molecule has 0 saturated heterocycles. The van der Waals surface area contributed by atoms with Crippen LogP contribution in [0.2, 0.25) is 0 Å². The summed E-state index contributed by atoms with van der Waals surface area (Å²) in [6.07, 6.45) is 4.76. The third kappa shape index (κ3) is 6.19. The van der Waals surface area contributed by atoms with Crippen molar-refractivity contribution in [2.75, 3.05) is 19.0 Å². The summed E-state index contributed by atoms with van der Waals surface area (Å²) in [4.78, 5) is 29.6. The molecule has 0 unspecified atom stereocenters. The average molecular weight is 593 g/mol. The van der Waals surface area contributed by atoms with E-state index in [9.17, 15) is 22.4 Å². The first kappa shape index (κ1) is 29.3. The number of halogens is 1. The van der Waals surface area contributed by atoms with Crippen molar-refractivity contribution in [1.82, 2.24) is 24.6 Å².